The summed E-state index contributed by atoms with van der Waals surface area (Å²) in [6.45, 7) is 0.0572. The zero-order valence-electron chi connectivity index (χ0n) is 18.0. The summed E-state index contributed by atoms with van der Waals surface area (Å²) in [5.74, 6) is -3.17. The molecule has 9 nitrogen and oxygen atoms in total. The third-order valence-corrected chi connectivity index (χ3v) is 7.31. The van der Waals surface area contributed by atoms with Crippen molar-refractivity contribution in [1.29, 1.82) is 0 Å². The topological polar surface area (TPSA) is 119 Å². The molecule has 0 unspecified atom stereocenters. The Labute approximate surface area is 190 Å². The molecule has 0 aromatic heterocycles. The average Bonchev–Trinajstić information content (AvgIpc) is 2.83. The van der Waals surface area contributed by atoms with Crippen molar-refractivity contribution in [3.63, 3.8) is 0 Å². The predicted molar refractivity (Wildman–Crippen MR) is 116 cm³/mol. The number of carbonyl (C=O) groups is 3. The number of rotatable bonds is 6. The molecule has 0 aliphatic carbocycles. The van der Waals surface area contributed by atoms with Crippen molar-refractivity contribution in [3.8, 4) is 0 Å². The molecule has 0 radical (unpaired) electrons. The van der Waals surface area contributed by atoms with Crippen molar-refractivity contribution in [1.82, 2.24) is 4.31 Å². The minimum Gasteiger partial charge on any atom is -0.465 e. The van der Waals surface area contributed by atoms with Gasteiger partial charge < -0.3 is 14.8 Å². The number of amides is 1. The van der Waals surface area contributed by atoms with Crippen molar-refractivity contribution >= 4 is 33.6 Å². The second kappa shape index (κ2) is 10.1. The van der Waals surface area contributed by atoms with Crippen molar-refractivity contribution in [2.24, 2.45) is 5.92 Å². The summed E-state index contributed by atoms with van der Waals surface area (Å²) in [7, 11) is -1.63. The Morgan fingerprint density at radius 2 is 1.64 bits per heavy atom. The normalized spacial score (nSPS) is 15.0. The first-order valence-electron chi connectivity index (χ1n) is 10.0. The molecule has 1 saturated heterocycles. The number of benzene rings is 2. The largest absolute Gasteiger partial charge is 0.465 e. The molecule has 0 bridgehead atoms. The summed E-state index contributed by atoms with van der Waals surface area (Å²) >= 11 is 0. The third-order valence-electron chi connectivity index (χ3n) is 5.38. The minimum atomic E-state index is -4.03. The van der Waals surface area contributed by atoms with Crippen LogP contribution < -0.4 is 5.32 Å². The zero-order valence-corrected chi connectivity index (χ0v) is 18.9. The van der Waals surface area contributed by atoms with Gasteiger partial charge in [-0.2, -0.15) is 4.31 Å². The Bertz CT molecular complexity index is 1180. The lowest BCUT2D eigenvalue weighted by Crippen LogP contribution is -2.41. The fourth-order valence-corrected chi connectivity index (χ4v) is 5.10. The molecule has 0 atom stereocenters. The Hall–Kier alpha value is -3.31. The van der Waals surface area contributed by atoms with E-state index in [0.717, 1.165) is 10.4 Å². The lowest BCUT2D eigenvalue weighted by Gasteiger charge is -2.30. The molecule has 2 aromatic rings. The van der Waals surface area contributed by atoms with Crippen molar-refractivity contribution < 1.29 is 36.7 Å². The fourth-order valence-electron chi connectivity index (χ4n) is 3.57. The van der Waals surface area contributed by atoms with Gasteiger partial charge in [-0.15, -0.1) is 0 Å². The molecule has 1 aliphatic heterocycles. The number of hydrogen-bond acceptors (Lipinski definition) is 7. The van der Waals surface area contributed by atoms with Crippen LogP contribution in [0.3, 0.4) is 0 Å². The van der Waals surface area contributed by atoms with Crippen LogP contribution >= 0.6 is 0 Å². The van der Waals surface area contributed by atoms with Gasteiger partial charge in [0, 0.05) is 19.0 Å². The number of hydrogen-bond donors (Lipinski definition) is 1. The van der Waals surface area contributed by atoms with Crippen molar-refractivity contribution in [3.05, 3.63) is 59.4 Å². The van der Waals surface area contributed by atoms with Gasteiger partial charge >= 0.3 is 11.9 Å². The summed E-state index contributed by atoms with van der Waals surface area (Å²) in [4.78, 5) is 36.3. The van der Waals surface area contributed by atoms with Crippen LogP contribution in [0.15, 0.2) is 47.4 Å². The van der Waals surface area contributed by atoms with E-state index < -0.39 is 44.5 Å². The molecule has 176 valence electrons. The Balaban J connectivity index is 1.73. The minimum absolute atomic E-state index is 0.0286. The first kappa shape index (κ1) is 24.3. The number of carbonyl (C=O) groups excluding carboxylic acids is 3. The number of ether oxygens (including phenoxy) is 2. The highest BCUT2D eigenvalue weighted by Gasteiger charge is 2.33. The van der Waals surface area contributed by atoms with Gasteiger partial charge in [0.15, 0.2) is 0 Å². The van der Waals surface area contributed by atoms with Gasteiger partial charge in [-0.05, 0) is 43.2 Å². The van der Waals surface area contributed by atoms with E-state index in [0.29, 0.717) is 0 Å². The number of sulfonamides is 1. The molecule has 0 saturated carbocycles. The van der Waals surface area contributed by atoms with E-state index in [2.05, 4.69) is 10.1 Å². The predicted octanol–water partition coefficient (Wildman–Crippen LogP) is 2.44. The van der Waals surface area contributed by atoms with Crippen molar-refractivity contribution in [2.45, 2.75) is 17.7 Å². The highest BCUT2D eigenvalue weighted by molar-refractivity contribution is 7.89. The van der Waals surface area contributed by atoms with Gasteiger partial charge in [0.05, 0.1) is 31.0 Å². The monoisotopic (exact) mass is 478 g/mol. The lowest BCUT2D eigenvalue weighted by atomic mass is 9.97. The number of halogens is 1. The van der Waals surface area contributed by atoms with Crippen LogP contribution in [0.2, 0.25) is 0 Å². The third kappa shape index (κ3) is 5.20. The first-order chi connectivity index (χ1) is 15.7. The zero-order chi connectivity index (χ0) is 24.2. The first-order valence-corrected chi connectivity index (χ1v) is 11.5. The van der Waals surface area contributed by atoms with E-state index in [9.17, 15) is 27.2 Å². The summed E-state index contributed by atoms with van der Waals surface area (Å²) in [5.41, 5.74) is 0.264. The summed E-state index contributed by atoms with van der Waals surface area (Å²) in [6, 6.07) is 9.16. The van der Waals surface area contributed by atoms with Gasteiger partial charge in [0.1, 0.15) is 10.7 Å². The highest BCUT2D eigenvalue weighted by Crippen LogP contribution is 2.27. The maximum absolute atomic E-state index is 14.0. The Kier molecular flexibility index (Phi) is 7.44. The molecule has 1 heterocycles. The van der Waals surface area contributed by atoms with E-state index in [4.69, 9.17) is 4.74 Å². The standard InChI is InChI=1S/C22H23FN2O7S/c1-31-21(27)15-7-8-16(22(28)32-2)18(13-15)24-20(26)14-9-11-25(12-10-14)33(29,30)19-6-4-3-5-17(19)23/h3-8,13-14H,9-12H2,1-2H3,(H,24,26). The summed E-state index contributed by atoms with van der Waals surface area (Å²) in [6.07, 6.45) is 0.396. The quantitative estimate of drug-likeness (QED) is 0.634. The average molecular weight is 478 g/mol. The van der Waals surface area contributed by atoms with Crippen LogP contribution in [0.4, 0.5) is 10.1 Å². The van der Waals surface area contributed by atoms with E-state index in [1.807, 2.05) is 0 Å². The second-order valence-corrected chi connectivity index (χ2v) is 9.25. The smallest absolute Gasteiger partial charge is 0.339 e. The van der Waals surface area contributed by atoms with Crippen LogP contribution in [0.25, 0.3) is 0 Å². The van der Waals surface area contributed by atoms with Crippen LogP contribution in [0.5, 0.6) is 0 Å². The van der Waals surface area contributed by atoms with Gasteiger partial charge in [-0.3, -0.25) is 4.79 Å². The number of esters is 2. The van der Waals surface area contributed by atoms with Crippen LogP contribution in [0.1, 0.15) is 33.6 Å². The lowest BCUT2D eigenvalue weighted by molar-refractivity contribution is -0.120. The van der Waals surface area contributed by atoms with E-state index >= 15 is 0 Å². The molecule has 1 aliphatic rings. The maximum atomic E-state index is 14.0. The highest BCUT2D eigenvalue weighted by atomic mass is 32.2. The molecule has 1 amide bonds. The molecule has 11 heteroatoms. The summed E-state index contributed by atoms with van der Waals surface area (Å²) < 4.78 is 50.0. The van der Waals surface area contributed by atoms with E-state index in [1.165, 1.54) is 50.6 Å². The molecule has 0 spiro atoms. The molecule has 1 N–H and O–H groups in total. The molecular formula is C22H23FN2O7S. The van der Waals surface area contributed by atoms with Gasteiger partial charge in [-0.1, -0.05) is 12.1 Å². The Morgan fingerprint density at radius 1 is 1.00 bits per heavy atom. The van der Waals surface area contributed by atoms with Crippen LogP contribution in [0, 0.1) is 11.7 Å². The number of methoxy groups -OCH3 is 2. The number of nitrogens with zero attached hydrogens (tertiary/aromatic N) is 1. The number of nitrogens with one attached hydrogen (secondary N) is 1. The SMILES string of the molecule is COC(=O)c1ccc(C(=O)OC)c(NC(=O)C2CCN(S(=O)(=O)c3ccccc3F)CC2)c1. The van der Waals surface area contributed by atoms with Gasteiger partial charge in [0.2, 0.25) is 15.9 Å². The molecular weight excluding hydrogens is 455 g/mol. The van der Waals surface area contributed by atoms with Gasteiger partial charge in [0.25, 0.3) is 0 Å². The molecule has 3 rings (SSSR count). The Morgan fingerprint density at radius 3 is 2.24 bits per heavy atom. The summed E-state index contributed by atoms with van der Waals surface area (Å²) in [5, 5.41) is 2.63. The van der Waals surface area contributed by atoms with E-state index in [-0.39, 0.29) is 42.7 Å². The maximum Gasteiger partial charge on any atom is 0.339 e. The number of piperidine rings is 1. The van der Waals surface area contributed by atoms with E-state index in [1.54, 1.807) is 0 Å². The fraction of sp³-hybridized carbons (Fsp3) is 0.318. The molecule has 2 aromatic carbocycles. The van der Waals surface area contributed by atoms with Gasteiger partial charge in [-0.25, -0.2) is 22.4 Å². The van der Waals surface area contributed by atoms with Crippen molar-refractivity contribution in [2.75, 3.05) is 32.6 Å². The van der Waals surface area contributed by atoms with Crippen LogP contribution in [-0.2, 0) is 24.3 Å². The second-order valence-electron chi connectivity index (χ2n) is 7.34. The molecule has 33 heavy (non-hydrogen) atoms. The number of anilines is 1. The molecule has 1 fully saturated rings. The van der Waals surface area contributed by atoms with Crippen LogP contribution in [-0.4, -0.2) is 57.9 Å².